The molecule has 0 saturated carbocycles. The second kappa shape index (κ2) is 3.40. The van der Waals surface area contributed by atoms with E-state index < -0.39 is 0 Å². The second-order valence-corrected chi connectivity index (χ2v) is 4.36. The fourth-order valence-electron chi connectivity index (χ4n) is 1.14. The average molecular weight is 208 g/mol. The molecule has 1 aromatic heterocycles. The topological polar surface area (TPSA) is 38.9 Å². The maximum atomic E-state index is 5.44. The number of nitrogens with two attached hydrogens (primary N) is 1. The molecule has 2 rings (SSSR count). The first-order valence-corrected chi connectivity index (χ1v) is 5.11. The van der Waals surface area contributed by atoms with Crippen LogP contribution in [0.5, 0.6) is 0 Å². The molecule has 0 fully saturated rings. The fraction of sp³-hybridized carbons (Fsp3) is 0.111. The molecule has 0 bridgehead atoms. The number of thiocarbonyl (C=S) groups is 1. The number of benzene rings is 1. The molecule has 1 heterocycles. The van der Waals surface area contributed by atoms with Gasteiger partial charge in [0.25, 0.3) is 0 Å². The summed E-state index contributed by atoms with van der Waals surface area (Å²) in [4.78, 5) is 4.90. The normalized spacial score (nSPS) is 10.5. The van der Waals surface area contributed by atoms with Gasteiger partial charge in [0, 0.05) is 6.42 Å². The Labute approximate surface area is 85.4 Å². The lowest BCUT2D eigenvalue weighted by Gasteiger charge is -1.88. The molecule has 4 heteroatoms. The third-order valence-corrected chi connectivity index (χ3v) is 2.84. The van der Waals surface area contributed by atoms with Crippen LogP contribution in [0.3, 0.4) is 0 Å². The monoisotopic (exact) mass is 208 g/mol. The van der Waals surface area contributed by atoms with Crippen LogP contribution in [0.25, 0.3) is 10.2 Å². The summed E-state index contributed by atoms with van der Waals surface area (Å²) >= 11 is 6.47. The van der Waals surface area contributed by atoms with Crippen molar-refractivity contribution >= 4 is 38.8 Å². The highest BCUT2D eigenvalue weighted by molar-refractivity contribution is 7.80. The van der Waals surface area contributed by atoms with E-state index in [1.807, 2.05) is 18.2 Å². The first kappa shape index (κ1) is 8.59. The van der Waals surface area contributed by atoms with Crippen LogP contribution in [-0.2, 0) is 6.42 Å². The van der Waals surface area contributed by atoms with E-state index in [1.54, 1.807) is 11.3 Å². The molecule has 0 aliphatic heterocycles. The molecule has 0 aliphatic carbocycles. The summed E-state index contributed by atoms with van der Waals surface area (Å²) < 4.78 is 1.19. The molecular formula is C9H8N2S2. The summed E-state index contributed by atoms with van der Waals surface area (Å²) in [5, 5.41) is 0.994. The summed E-state index contributed by atoms with van der Waals surface area (Å²) in [5.74, 6) is 0. The van der Waals surface area contributed by atoms with Gasteiger partial charge < -0.3 is 5.73 Å². The second-order valence-electron chi connectivity index (χ2n) is 2.72. The largest absolute Gasteiger partial charge is 0.393 e. The maximum Gasteiger partial charge on any atom is 0.101 e. The zero-order valence-electron chi connectivity index (χ0n) is 6.86. The van der Waals surface area contributed by atoms with Gasteiger partial charge in [0.1, 0.15) is 5.01 Å². The Bertz CT molecular complexity index is 415. The molecule has 66 valence electrons. The molecule has 0 saturated heterocycles. The van der Waals surface area contributed by atoms with Gasteiger partial charge in [-0.15, -0.1) is 11.3 Å². The van der Waals surface area contributed by atoms with E-state index in [-0.39, 0.29) is 0 Å². The Hall–Kier alpha value is -1.00. The van der Waals surface area contributed by atoms with Crippen molar-refractivity contribution < 1.29 is 0 Å². The molecule has 0 aliphatic rings. The molecular weight excluding hydrogens is 200 g/mol. The Morgan fingerprint density at radius 3 is 2.92 bits per heavy atom. The highest BCUT2D eigenvalue weighted by Gasteiger charge is 2.03. The van der Waals surface area contributed by atoms with Crippen molar-refractivity contribution in [3.05, 3.63) is 29.3 Å². The quantitative estimate of drug-likeness (QED) is 0.768. The van der Waals surface area contributed by atoms with Gasteiger partial charge in [-0.3, -0.25) is 0 Å². The highest BCUT2D eigenvalue weighted by atomic mass is 32.1. The maximum absolute atomic E-state index is 5.44. The first-order chi connectivity index (χ1) is 6.25. The van der Waals surface area contributed by atoms with Crippen LogP contribution < -0.4 is 5.73 Å². The van der Waals surface area contributed by atoms with Gasteiger partial charge in [-0.25, -0.2) is 4.98 Å². The van der Waals surface area contributed by atoms with E-state index >= 15 is 0 Å². The van der Waals surface area contributed by atoms with Crippen molar-refractivity contribution in [3.8, 4) is 0 Å². The molecule has 2 nitrogen and oxygen atoms in total. The number of rotatable bonds is 2. The van der Waals surface area contributed by atoms with Crippen LogP contribution in [0.4, 0.5) is 0 Å². The van der Waals surface area contributed by atoms with Crippen LogP contribution in [0.15, 0.2) is 24.3 Å². The van der Waals surface area contributed by atoms with E-state index in [4.69, 9.17) is 18.0 Å². The van der Waals surface area contributed by atoms with Gasteiger partial charge in [0.05, 0.1) is 15.2 Å². The van der Waals surface area contributed by atoms with Crippen LogP contribution >= 0.6 is 23.6 Å². The van der Waals surface area contributed by atoms with Crippen molar-refractivity contribution in [3.63, 3.8) is 0 Å². The number of nitrogens with zero attached hydrogens (tertiary/aromatic N) is 1. The van der Waals surface area contributed by atoms with E-state index in [2.05, 4.69) is 11.1 Å². The Morgan fingerprint density at radius 1 is 1.46 bits per heavy atom. The smallest absolute Gasteiger partial charge is 0.101 e. The zero-order chi connectivity index (χ0) is 9.26. The summed E-state index contributed by atoms with van der Waals surface area (Å²) in [7, 11) is 0. The molecule has 13 heavy (non-hydrogen) atoms. The van der Waals surface area contributed by atoms with Gasteiger partial charge in [0.15, 0.2) is 0 Å². The minimum atomic E-state index is 0.499. The molecule has 2 aromatic rings. The molecule has 0 spiro atoms. The summed E-state index contributed by atoms with van der Waals surface area (Å²) in [6, 6.07) is 8.03. The van der Waals surface area contributed by atoms with Gasteiger partial charge in [-0.2, -0.15) is 0 Å². The van der Waals surface area contributed by atoms with Crippen LogP contribution in [-0.4, -0.2) is 9.97 Å². The number of fused-ring (bicyclic) bond motifs is 1. The molecule has 0 radical (unpaired) electrons. The summed E-state index contributed by atoms with van der Waals surface area (Å²) in [6.07, 6.45) is 0.606. The first-order valence-electron chi connectivity index (χ1n) is 3.88. The SMILES string of the molecule is NC(=S)Cc1nc2ccccc2s1. The number of para-hydroxylation sites is 1. The summed E-state index contributed by atoms with van der Waals surface area (Å²) in [6.45, 7) is 0. The van der Waals surface area contributed by atoms with Crippen molar-refractivity contribution in [1.82, 2.24) is 4.98 Å². The van der Waals surface area contributed by atoms with E-state index in [9.17, 15) is 0 Å². The lowest BCUT2D eigenvalue weighted by atomic mass is 10.3. The van der Waals surface area contributed by atoms with Gasteiger partial charge in [0.2, 0.25) is 0 Å². The van der Waals surface area contributed by atoms with E-state index in [0.717, 1.165) is 10.5 Å². The molecule has 0 unspecified atom stereocenters. The number of hydrogen-bond donors (Lipinski definition) is 1. The standard InChI is InChI=1S/C9H8N2S2/c10-8(12)5-9-11-6-3-1-2-4-7(6)13-9/h1-4H,5H2,(H2,10,12). The zero-order valence-corrected chi connectivity index (χ0v) is 8.49. The third-order valence-electron chi connectivity index (χ3n) is 1.66. The Morgan fingerprint density at radius 2 is 2.23 bits per heavy atom. The number of thiazole rings is 1. The predicted octanol–water partition coefficient (Wildman–Crippen LogP) is 2.12. The fourth-order valence-corrected chi connectivity index (χ4v) is 2.36. The number of aromatic nitrogens is 1. The lowest BCUT2D eigenvalue weighted by molar-refractivity contribution is 1.26. The molecule has 1 aromatic carbocycles. The van der Waals surface area contributed by atoms with Gasteiger partial charge in [-0.1, -0.05) is 24.4 Å². The molecule has 0 amide bonds. The Kier molecular flexibility index (Phi) is 2.24. The molecule has 0 atom stereocenters. The van der Waals surface area contributed by atoms with E-state index in [0.29, 0.717) is 11.4 Å². The average Bonchev–Trinajstić information content (AvgIpc) is 2.44. The van der Waals surface area contributed by atoms with Crippen molar-refractivity contribution in [1.29, 1.82) is 0 Å². The van der Waals surface area contributed by atoms with Crippen molar-refractivity contribution in [2.45, 2.75) is 6.42 Å². The number of hydrogen-bond acceptors (Lipinski definition) is 3. The highest BCUT2D eigenvalue weighted by Crippen LogP contribution is 2.21. The minimum absolute atomic E-state index is 0.499. The lowest BCUT2D eigenvalue weighted by Crippen LogP contribution is -2.10. The van der Waals surface area contributed by atoms with Crippen molar-refractivity contribution in [2.75, 3.05) is 0 Å². The van der Waals surface area contributed by atoms with Gasteiger partial charge in [-0.05, 0) is 12.1 Å². The molecule has 2 N–H and O–H groups in total. The minimum Gasteiger partial charge on any atom is -0.393 e. The predicted molar refractivity (Wildman–Crippen MR) is 60.1 cm³/mol. The van der Waals surface area contributed by atoms with Gasteiger partial charge >= 0.3 is 0 Å². The van der Waals surface area contributed by atoms with E-state index in [1.165, 1.54) is 4.70 Å². The van der Waals surface area contributed by atoms with Crippen LogP contribution in [0.1, 0.15) is 5.01 Å². The van der Waals surface area contributed by atoms with Crippen molar-refractivity contribution in [2.24, 2.45) is 5.73 Å². The Balaban J connectivity index is 2.44. The third kappa shape index (κ3) is 1.84. The summed E-state index contributed by atoms with van der Waals surface area (Å²) in [5.41, 5.74) is 6.47. The van der Waals surface area contributed by atoms with Crippen LogP contribution in [0.2, 0.25) is 0 Å². The van der Waals surface area contributed by atoms with Crippen LogP contribution in [0, 0.1) is 0 Å².